The highest BCUT2D eigenvalue weighted by molar-refractivity contribution is 6.29. The van der Waals surface area contributed by atoms with Crippen LogP contribution in [-0.4, -0.2) is 30.1 Å². The molecule has 0 aromatic carbocycles. The van der Waals surface area contributed by atoms with Crippen molar-refractivity contribution >= 4 is 17.5 Å². The second-order valence-electron chi connectivity index (χ2n) is 5.62. The van der Waals surface area contributed by atoms with Crippen LogP contribution in [0.25, 0.3) is 0 Å². The standard InChI is InChI=1S/C15H21ClN2O2/c1-10(2)13-7-11(4-6-20-13)9-18-15(19)12-3-5-17-14(16)8-12/h3,5,8,10-11,13H,4,6-7,9H2,1-2H3,(H,18,19)/t11-,13+/m1/s1. The van der Waals surface area contributed by atoms with Gasteiger partial charge in [0.1, 0.15) is 5.15 Å². The zero-order valence-electron chi connectivity index (χ0n) is 11.9. The number of nitrogens with one attached hydrogen (secondary N) is 1. The molecule has 110 valence electrons. The molecule has 1 N–H and O–H groups in total. The van der Waals surface area contributed by atoms with Crippen molar-refractivity contribution in [3.8, 4) is 0 Å². The maximum absolute atomic E-state index is 12.0. The van der Waals surface area contributed by atoms with Gasteiger partial charge >= 0.3 is 0 Å². The molecule has 1 saturated heterocycles. The van der Waals surface area contributed by atoms with Crippen molar-refractivity contribution in [2.75, 3.05) is 13.2 Å². The largest absolute Gasteiger partial charge is 0.378 e. The van der Waals surface area contributed by atoms with Gasteiger partial charge in [0, 0.05) is 24.9 Å². The molecule has 4 nitrogen and oxygen atoms in total. The molecule has 1 aromatic rings. The molecule has 0 saturated carbocycles. The summed E-state index contributed by atoms with van der Waals surface area (Å²) in [6, 6.07) is 3.25. The van der Waals surface area contributed by atoms with Crippen LogP contribution in [0.4, 0.5) is 0 Å². The number of carbonyl (C=O) groups excluding carboxylic acids is 1. The molecule has 1 aliphatic rings. The Bertz CT molecular complexity index is 465. The highest BCUT2D eigenvalue weighted by Gasteiger charge is 2.25. The second kappa shape index (κ2) is 7.04. The number of amides is 1. The van der Waals surface area contributed by atoms with E-state index in [1.165, 1.54) is 0 Å². The van der Waals surface area contributed by atoms with Crippen LogP contribution in [0.3, 0.4) is 0 Å². The topological polar surface area (TPSA) is 51.2 Å². The van der Waals surface area contributed by atoms with Crippen molar-refractivity contribution in [3.63, 3.8) is 0 Å². The van der Waals surface area contributed by atoms with E-state index in [9.17, 15) is 4.79 Å². The zero-order valence-corrected chi connectivity index (χ0v) is 12.7. The maximum Gasteiger partial charge on any atom is 0.251 e. The van der Waals surface area contributed by atoms with Crippen LogP contribution in [0, 0.1) is 11.8 Å². The number of ether oxygens (including phenoxy) is 1. The summed E-state index contributed by atoms with van der Waals surface area (Å²) < 4.78 is 5.74. The van der Waals surface area contributed by atoms with E-state index in [0.29, 0.717) is 35.2 Å². The molecule has 2 rings (SSSR count). The lowest BCUT2D eigenvalue weighted by Crippen LogP contribution is -2.36. The van der Waals surface area contributed by atoms with E-state index in [-0.39, 0.29) is 5.91 Å². The number of aromatic nitrogens is 1. The Morgan fingerprint density at radius 3 is 3.10 bits per heavy atom. The summed E-state index contributed by atoms with van der Waals surface area (Å²) in [4.78, 5) is 15.9. The third-order valence-corrected chi connectivity index (χ3v) is 3.91. The lowest BCUT2D eigenvalue weighted by Gasteiger charge is -2.32. The van der Waals surface area contributed by atoms with E-state index in [0.717, 1.165) is 19.4 Å². The zero-order chi connectivity index (χ0) is 14.5. The van der Waals surface area contributed by atoms with Crippen LogP contribution in [0.1, 0.15) is 37.0 Å². The molecule has 20 heavy (non-hydrogen) atoms. The molecule has 0 aliphatic carbocycles. The molecule has 0 unspecified atom stereocenters. The van der Waals surface area contributed by atoms with Gasteiger partial charge in [0.25, 0.3) is 5.91 Å². The van der Waals surface area contributed by atoms with Gasteiger partial charge in [-0.25, -0.2) is 4.98 Å². The molecule has 2 atom stereocenters. The Morgan fingerprint density at radius 1 is 1.60 bits per heavy atom. The fourth-order valence-electron chi connectivity index (χ4n) is 2.43. The van der Waals surface area contributed by atoms with Crippen LogP contribution in [0.5, 0.6) is 0 Å². The van der Waals surface area contributed by atoms with Crippen molar-refractivity contribution in [3.05, 3.63) is 29.0 Å². The van der Waals surface area contributed by atoms with Gasteiger partial charge in [-0.2, -0.15) is 0 Å². The first-order valence-corrected chi connectivity index (χ1v) is 7.45. The Morgan fingerprint density at radius 2 is 2.40 bits per heavy atom. The smallest absolute Gasteiger partial charge is 0.251 e. The summed E-state index contributed by atoms with van der Waals surface area (Å²) in [5.74, 6) is 0.909. The average molecular weight is 297 g/mol. The van der Waals surface area contributed by atoms with E-state index in [1.54, 1.807) is 18.3 Å². The third kappa shape index (κ3) is 4.18. The van der Waals surface area contributed by atoms with Crippen molar-refractivity contribution in [1.29, 1.82) is 0 Å². The summed E-state index contributed by atoms with van der Waals surface area (Å²) in [5, 5.41) is 3.31. The molecule has 1 amide bonds. The Labute approximate surface area is 124 Å². The van der Waals surface area contributed by atoms with Crippen LogP contribution in [0.15, 0.2) is 18.3 Å². The highest BCUT2D eigenvalue weighted by Crippen LogP contribution is 2.24. The number of pyridine rings is 1. The summed E-state index contributed by atoms with van der Waals surface area (Å²) in [6.45, 7) is 5.81. The van der Waals surface area contributed by atoms with E-state index in [1.807, 2.05) is 0 Å². The van der Waals surface area contributed by atoms with Gasteiger partial charge in [0.2, 0.25) is 0 Å². The molecule has 2 heterocycles. The fraction of sp³-hybridized carbons (Fsp3) is 0.600. The molecule has 0 bridgehead atoms. The van der Waals surface area contributed by atoms with E-state index in [2.05, 4.69) is 24.1 Å². The Balaban J connectivity index is 1.84. The van der Waals surface area contributed by atoms with E-state index < -0.39 is 0 Å². The predicted molar refractivity (Wildman–Crippen MR) is 78.9 cm³/mol. The molecule has 1 aromatic heterocycles. The normalized spacial score (nSPS) is 22.8. The first kappa shape index (κ1) is 15.3. The monoisotopic (exact) mass is 296 g/mol. The minimum Gasteiger partial charge on any atom is -0.378 e. The van der Waals surface area contributed by atoms with Gasteiger partial charge < -0.3 is 10.1 Å². The van der Waals surface area contributed by atoms with Crippen molar-refractivity contribution in [2.45, 2.75) is 32.8 Å². The van der Waals surface area contributed by atoms with Crippen LogP contribution in [0.2, 0.25) is 5.15 Å². The third-order valence-electron chi connectivity index (χ3n) is 3.71. The Hall–Kier alpha value is -1.13. The summed E-state index contributed by atoms with van der Waals surface area (Å²) in [7, 11) is 0. The Kier molecular flexibility index (Phi) is 5.38. The molecular weight excluding hydrogens is 276 g/mol. The van der Waals surface area contributed by atoms with Gasteiger partial charge in [-0.05, 0) is 36.8 Å². The number of hydrogen-bond donors (Lipinski definition) is 1. The van der Waals surface area contributed by atoms with Gasteiger partial charge in [-0.15, -0.1) is 0 Å². The maximum atomic E-state index is 12.0. The minimum absolute atomic E-state index is 0.0955. The van der Waals surface area contributed by atoms with Crippen molar-refractivity contribution in [2.24, 2.45) is 11.8 Å². The van der Waals surface area contributed by atoms with E-state index >= 15 is 0 Å². The first-order valence-electron chi connectivity index (χ1n) is 7.07. The van der Waals surface area contributed by atoms with Crippen LogP contribution >= 0.6 is 11.6 Å². The number of halogens is 1. The van der Waals surface area contributed by atoms with Gasteiger partial charge in [0.15, 0.2) is 0 Å². The van der Waals surface area contributed by atoms with Gasteiger partial charge in [-0.3, -0.25) is 4.79 Å². The average Bonchev–Trinajstić information content (AvgIpc) is 2.45. The lowest BCUT2D eigenvalue weighted by atomic mass is 9.90. The molecule has 0 radical (unpaired) electrons. The fourth-order valence-corrected chi connectivity index (χ4v) is 2.61. The highest BCUT2D eigenvalue weighted by atomic mass is 35.5. The van der Waals surface area contributed by atoms with Crippen molar-refractivity contribution in [1.82, 2.24) is 10.3 Å². The number of nitrogens with zero attached hydrogens (tertiary/aromatic N) is 1. The summed E-state index contributed by atoms with van der Waals surface area (Å²) >= 11 is 5.78. The molecular formula is C15H21ClN2O2. The van der Waals surface area contributed by atoms with Gasteiger partial charge in [-0.1, -0.05) is 25.4 Å². The van der Waals surface area contributed by atoms with Gasteiger partial charge in [0.05, 0.1) is 6.10 Å². The molecule has 1 aliphatic heterocycles. The SMILES string of the molecule is CC(C)[C@@H]1C[C@H](CNC(=O)c2ccnc(Cl)c2)CCO1. The predicted octanol–water partition coefficient (Wildman–Crippen LogP) is 2.92. The quantitative estimate of drug-likeness (QED) is 0.869. The van der Waals surface area contributed by atoms with Crippen molar-refractivity contribution < 1.29 is 9.53 Å². The van der Waals surface area contributed by atoms with Crippen LogP contribution < -0.4 is 5.32 Å². The van der Waals surface area contributed by atoms with E-state index in [4.69, 9.17) is 16.3 Å². The number of rotatable bonds is 4. The minimum atomic E-state index is -0.0955. The molecule has 1 fully saturated rings. The lowest BCUT2D eigenvalue weighted by molar-refractivity contribution is -0.0333. The first-order chi connectivity index (χ1) is 9.56. The summed E-state index contributed by atoms with van der Waals surface area (Å²) in [6.07, 6.45) is 3.86. The molecule has 0 spiro atoms. The second-order valence-corrected chi connectivity index (χ2v) is 6.01. The van der Waals surface area contributed by atoms with Crippen LogP contribution in [-0.2, 0) is 4.74 Å². The number of carbonyl (C=O) groups is 1. The summed E-state index contributed by atoms with van der Waals surface area (Å²) in [5.41, 5.74) is 0.553. The molecule has 5 heteroatoms. The number of hydrogen-bond acceptors (Lipinski definition) is 3.